The molecule has 3 nitrogen and oxygen atoms in total. The second kappa shape index (κ2) is 2.48. The van der Waals surface area contributed by atoms with Gasteiger partial charge in [0.15, 0.2) is 11.5 Å². The molecule has 0 saturated carbocycles. The monoisotopic (exact) mass is 187 g/mol. The number of alkyl halides is 2. The van der Waals surface area contributed by atoms with Crippen LogP contribution in [-0.4, -0.2) is 13.4 Å². The van der Waals surface area contributed by atoms with E-state index in [9.17, 15) is 8.78 Å². The maximum Gasteiger partial charge on any atom is 0.586 e. The molecular formula is C8H5F2O3. The molecule has 0 N–H and O–H groups in total. The molecule has 1 aliphatic heterocycles. The fourth-order valence-electron chi connectivity index (χ4n) is 1.04. The Morgan fingerprint density at radius 1 is 1.38 bits per heavy atom. The van der Waals surface area contributed by atoms with Gasteiger partial charge in [-0.05, 0) is 18.2 Å². The van der Waals surface area contributed by atoms with Crippen molar-refractivity contribution in [1.29, 1.82) is 0 Å². The van der Waals surface area contributed by atoms with Gasteiger partial charge in [-0.2, -0.15) is 0 Å². The van der Waals surface area contributed by atoms with E-state index in [4.69, 9.17) is 4.74 Å². The van der Waals surface area contributed by atoms with E-state index in [0.29, 0.717) is 0 Å². The van der Waals surface area contributed by atoms with Crippen LogP contribution in [0.4, 0.5) is 8.78 Å². The summed E-state index contributed by atoms with van der Waals surface area (Å²) >= 11 is 0. The number of rotatable bonds is 1. The summed E-state index contributed by atoms with van der Waals surface area (Å²) in [6.07, 6.45) is -3.61. The van der Waals surface area contributed by atoms with Crippen molar-refractivity contribution in [1.82, 2.24) is 0 Å². The fraction of sp³-hybridized carbons (Fsp3) is 0.250. The van der Waals surface area contributed by atoms with E-state index in [1.807, 2.05) is 0 Å². The molecule has 5 heteroatoms. The average Bonchev–Trinajstić information content (AvgIpc) is 2.37. The van der Waals surface area contributed by atoms with Gasteiger partial charge >= 0.3 is 6.29 Å². The Hall–Kier alpha value is -1.52. The molecule has 0 bridgehead atoms. The van der Waals surface area contributed by atoms with Crippen LogP contribution < -0.4 is 14.2 Å². The summed E-state index contributed by atoms with van der Waals surface area (Å²) in [4.78, 5) is 0. The molecule has 0 saturated heterocycles. The van der Waals surface area contributed by atoms with E-state index < -0.39 is 6.29 Å². The van der Waals surface area contributed by atoms with Gasteiger partial charge in [0, 0.05) is 0 Å². The van der Waals surface area contributed by atoms with E-state index in [0.717, 1.165) is 0 Å². The van der Waals surface area contributed by atoms with Crippen LogP contribution in [0.3, 0.4) is 0 Å². The molecule has 1 aromatic carbocycles. The van der Waals surface area contributed by atoms with Gasteiger partial charge in [-0.25, -0.2) is 0 Å². The molecule has 1 heterocycles. The highest BCUT2D eigenvalue weighted by atomic mass is 19.3. The SMILES string of the molecule is COc1c[c]cc2c1OC(F)(F)O2. The smallest absolute Gasteiger partial charge is 0.493 e. The topological polar surface area (TPSA) is 27.7 Å². The molecule has 0 aliphatic carbocycles. The maximum absolute atomic E-state index is 12.5. The Bertz CT molecular complexity index is 338. The van der Waals surface area contributed by atoms with Crippen molar-refractivity contribution >= 4 is 0 Å². The number of methoxy groups -OCH3 is 1. The minimum Gasteiger partial charge on any atom is -0.493 e. The molecule has 1 aliphatic rings. The van der Waals surface area contributed by atoms with Crippen molar-refractivity contribution < 1.29 is 23.0 Å². The molecule has 0 atom stereocenters. The Kier molecular flexibility index (Phi) is 1.55. The molecule has 2 rings (SSSR count). The van der Waals surface area contributed by atoms with E-state index in [-0.39, 0.29) is 17.2 Å². The van der Waals surface area contributed by atoms with Gasteiger partial charge < -0.3 is 14.2 Å². The van der Waals surface area contributed by atoms with Gasteiger partial charge in [0.2, 0.25) is 5.75 Å². The second-order valence-corrected chi connectivity index (χ2v) is 2.38. The van der Waals surface area contributed by atoms with E-state index in [1.165, 1.54) is 19.2 Å². The van der Waals surface area contributed by atoms with Gasteiger partial charge in [0.25, 0.3) is 0 Å². The molecule has 69 valence electrons. The zero-order valence-corrected chi connectivity index (χ0v) is 6.64. The number of ether oxygens (including phenoxy) is 3. The summed E-state index contributed by atoms with van der Waals surface area (Å²) in [7, 11) is 1.35. The van der Waals surface area contributed by atoms with Crippen molar-refractivity contribution in [3.05, 3.63) is 18.2 Å². The first kappa shape index (κ1) is 8.10. The molecule has 0 aromatic heterocycles. The Morgan fingerprint density at radius 2 is 2.15 bits per heavy atom. The van der Waals surface area contributed by atoms with Crippen LogP contribution in [0.15, 0.2) is 12.1 Å². The van der Waals surface area contributed by atoms with Gasteiger partial charge in [0.05, 0.1) is 7.11 Å². The van der Waals surface area contributed by atoms with Crippen molar-refractivity contribution in [2.45, 2.75) is 6.29 Å². The molecule has 0 fully saturated rings. The lowest BCUT2D eigenvalue weighted by Crippen LogP contribution is -2.26. The summed E-state index contributed by atoms with van der Waals surface area (Å²) in [5.41, 5.74) is 0. The number of fused-ring (bicyclic) bond motifs is 1. The van der Waals surface area contributed by atoms with Crippen LogP contribution in [0.25, 0.3) is 0 Å². The van der Waals surface area contributed by atoms with Crippen LogP contribution in [0.5, 0.6) is 17.2 Å². The normalized spacial score (nSPS) is 17.2. The molecule has 1 aromatic rings. The molecule has 1 radical (unpaired) electrons. The highest BCUT2D eigenvalue weighted by Crippen LogP contribution is 2.46. The predicted octanol–water partition coefficient (Wildman–Crippen LogP) is 1.82. The molecule has 0 spiro atoms. The number of hydrogen-bond acceptors (Lipinski definition) is 3. The van der Waals surface area contributed by atoms with Gasteiger partial charge in [-0.15, -0.1) is 8.78 Å². The van der Waals surface area contributed by atoms with Crippen LogP contribution in [0.2, 0.25) is 0 Å². The lowest BCUT2D eigenvalue weighted by molar-refractivity contribution is -0.287. The van der Waals surface area contributed by atoms with Gasteiger partial charge in [-0.1, -0.05) is 0 Å². The van der Waals surface area contributed by atoms with Crippen molar-refractivity contribution in [2.24, 2.45) is 0 Å². The zero-order chi connectivity index (χ0) is 9.47. The van der Waals surface area contributed by atoms with Crippen LogP contribution >= 0.6 is 0 Å². The highest BCUT2D eigenvalue weighted by Gasteiger charge is 2.44. The third-order valence-corrected chi connectivity index (χ3v) is 1.55. The quantitative estimate of drug-likeness (QED) is 0.671. The van der Waals surface area contributed by atoms with E-state index >= 15 is 0 Å². The number of benzene rings is 1. The third kappa shape index (κ3) is 1.26. The minimum atomic E-state index is -3.61. The summed E-state index contributed by atoms with van der Waals surface area (Å²) in [5.74, 6) is 0.0188. The second-order valence-electron chi connectivity index (χ2n) is 2.38. The first-order valence-electron chi connectivity index (χ1n) is 3.46. The average molecular weight is 187 g/mol. The predicted molar refractivity (Wildman–Crippen MR) is 38.0 cm³/mol. The Balaban J connectivity index is 2.45. The molecule has 0 unspecified atom stereocenters. The standard InChI is InChI=1S/C8H5F2O3/c1-11-5-3-2-4-6-7(5)13-8(9,10)12-6/h3-4H,1H3. The van der Waals surface area contributed by atoms with Gasteiger partial charge in [-0.3, -0.25) is 0 Å². The van der Waals surface area contributed by atoms with Crippen LogP contribution in [0.1, 0.15) is 0 Å². The number of halogens is 2. The first-order chi connectivity index (χ1) is 6.12. The van der Waals surface area contributed by atoms with Crippen LogP contribution in [-0.2, 0) is 0 Å². The summed E-state index contributed by atoms with van der Waals surface area (Å²) in [5, 5.41) is 0. The fourth-order valence-corrected chi connectivity index (χ4v) is 1.04. The molecule has 0 amide bonds. The minimum absolute atomic E-state index is 0.0654. The Morgan fingerprint density at radius 3 is 2.85 bits per heavy atom. The lowest BCUT2D eigenvalue weighted by atomic mass is 10.3. The third-order valence-electron chi connectivity index (χ3n) is 1.55. The van der Waals surface area contributed by atoms with Crippen LogP contribution in [0, 0.1) is 6.07 Å². The molecular weight excluding hydrogens is 182 g/mol. The Labute approximate surface area is 72.8 Å². The molecule has 13 heavy (non-hydrogen) atoms. The number of hydrogen-bond donors (Lipinski definition) is 0. The van der Waals surface area contributed by atoms with Crippen molar-refractivity contribution in [3.63, 3.8) is 0 Å². The largest absolute Gasteiger partial charge is 0.586 e. The van der Waals surface area contributed by atoms with Crippen molar-refractivity contribution in [2.75, 3.05) is 7.11 Å². The lowest BCUT2D eigenvalue weighted by Gasteiger charge is -2.05. The van der Waals surface area contributed by atoms with E-state index in [1.54, 1.807) is 0 Å². The summed E-state index contributed by atoms with van der Waals surface area (Å²) in [6.45, 7) is 0. The van der Waals surface area contributed by atoms with E-state index in [2.05, 4.69) is 15.5 Å². The summed E-state index contributed by atoms with van der Waals surface area (Å²) in [6, 6.07) is 5.24. The van der Waals surface area contributed by atoms with Gasteiger partial charge in [0.1, 0.15) is 0 Å². The maximum atomic E-state index is 12.5. The van der Waals surface area contributed by atoms with Crippen molar-refractivity contribution in [3.8, 4) is 17.2 Å². The highest BCUT2D eigenvalue weighted by molar-refractivity contribution is 5.52. The first-order valence-corrected chi connectivity index (χ1v) is 3.46. The zero-order valence-electron chi connectivity index (χ0n) is 6.64. The summed E-state index contributed by atoms with van der Waals surface area (Å²) < 4.78 is 38.2.